The highest BCUT2D eigenvalue weighted by Crippen LogP contribution is 2.20. The van der Waals surface area contributed by atoms with Gasteiger partial charge in [0.1, 0.15) is 0 Å². The summed E-state index contributed by atoms with van der Waals surface area (Å²) in [5.74, 6) is 0.457. The highest BCUT2D eigenvalue weighted by Gasteiger charge is 2.24. The summed E-state index contributed by atoms with van der Waals surface area (Å²) in [6.45, 7) is 3.83. The maximum atomic E-state index is 12.2. The van der Waals surface area contributed by atoms with Crippen molar-refractivity contribution >= 4 is 11.9 Å². The van der Waals surface area contributed by atoms with Crippen molar-refractivity contribution in [1.29, 1.82) is 0 Å². The number of amides is 3. The van der Waals surface area contributed by atoms with Gasteiger partial charge in [0, 0.05) is 33.6 Å². The molecule has 122 valence electrons. The van der Waals surface area contributed by atoms with E-state index in [0.29, 0.717) is 32.0 Å². The second kappa shape index (κ2) is 7.29. The fraction of sp³-hybridized carbons (Fsp3) is 0.667. The SMILES string of the molecule is CNC(=O)CC1CCN(C(=O)NCc2cc(C)nn2C)CC1. The smallest absolute Gasteiger partial charge is 0.317 e. The first-order chi connectivity index (χ1) is 10.5. The molecule has 0 aliphatic carbocycles. The number of hydrogen-bond donors (Lipinski definition) is 2. The molecule has 1 aromatic rings. The van der Waals surface area contributed by atoms with E-state index in [0.717, 1.165) is 24.2 Å². The third-order valence-corrected chi connectivity index (χ3v) is 4.17. The van der Waals surface area contributed by atoms with Gasteiger partial charge in [0.05, 0.1) is 17.9 Å². The van der Waals surface area contributed by atoms with Gasteiger partial charge in [-0.05, 0) is 31.7 Å². The van der Waals surface area contributed by atoms with Gasteiger partial charge >= 0.3 is 6.03 Å². The van der Waals surface area contributed by atoms with Crippen LogP contribution >= 0.6 is 0 Å². The van der Waals surface area contributed by atoms with Crippen LogP contribution in [0.25, 0.3) is 0 Å². The van der Waals surface area contributed by atoms with Crippen LogP contribution < -0.4 is 10.6 Å². The molecule has 0 radical (unpaired) electrons. The van der Waals surface area contributed by atoms with E-state index >= 15 is 0 Å². The van der Waals surface area contributed by atoms with Crippen molar-refractivity contribution in [2.24, 2.45) is 13.0 Å². The topological polar surface area (TPSA) is 79.3 Å². The van der Waals surface area contributed by atoms with Crippen LogP contribution in [0.15, 0.2) is 6.07 Å². The third-order valence-electron chi connectivity index (χ3n) is 4.17. The number of nitrogens with zero attached hydrogens (tertiary/aromatic N) is 3. The number of urea groups is 1. The van der Waals surface area contributed by atoms with Gasteiger partial charge in [-0.25, -0.2) is 4.79 Å². The molecule has 0 spiro atoms. The first kappa shape index (κ1) is 16.3. The quantitative estimate of drug-likeness (QED) is 0.863. The zero-order valence-corrected chi connectivity index (χ0v) is 13.6. The van der Waals surface area contributed by atoms with Crippen LogP contribution in [-0.2, 0) is 18.4 Å². The first-order valence-corrected chi connectivity index (χ1v) is 7.72. The molecule has 0 aromatic carbocycles. The molecular weight excluding hydrogens is 282 g/mol. The monoisotopic (exact) mass is 307 g/mol. The van der Waals surface area contributed by atoms with Crippen LogP contribution in [0.5, 0.6) is 0 Å². The van der Waals surface area contributed by atoms with Crippen LogP contribution in [0.3, 0.4) is 0 Å². The van der Waals surface area contributed by atoms with E-state index in [1.54, 1.807) is 11.7 Å². The van der Waals surface area contributed by atoms with Crippen molar-refractivity contribution in [1.82, 2.24) is 25.3 Å². The van der Waals surface area contributed by atoms with Gasteiger partial charge in [0.15, 0.2) is 0 Å². The maximum Gasteiger partial charge on any atom is 0.317 e. The van der Waals surface area contributed by atoms with Crippen molar-refractivity contribution in [2.45, 2.75) is 32.7 Å². The summed E-state index contributed by atoms with van der Waals surface area (Å²) in [4.78, 5) is 25.4. The number of carbonyl (C=O) groups is 2. The Bertz CT molecular complexity index is 532. The molecule has 2 rings (SSSR count). The van der Waals surface area contributed by atoms with Gasteiger partial charge in [-0.15, -0.1) is 0 Å². The first-order valence-electron chi connectivity index (χ1n) is 7.72. The van der Waals surface area contributed by atoms with Crippen molar-refractivity contribution < 1.29 is 9.59 Å². The molecule has 0 bridgehead atoms. The Morgan fingerprint density at radius 3 is 2.59 bits per heavy atom. The minimum absolute atomic E-state index is 0.0442. The molecule has 1 aliphatic rings. The fourth-order valence-electron chi connectivity index (χ4n) is 2.81. The lowest BCUT2D eigenvalue weighted by atomic mass is 9.93. The van der Waals surface area contributed by atoms with E-state index in [1.165, 1.54) is 0 Å². The molecule has 1 aromatic heterocycles. The Labute approximate surface area is 131 Å². The Balaban J connectivity index is 1.75. The van der Waals surface area contributed by atoms with Gasteiger partial charge in [0.25, 0.3) is 0 Å². The molecule has 0 saturated carbocycles. The van der Waals surface area contributed by atoms with E-state index in [4.69, 9.17) is 0 Å². The molecular formula is C15H25N5O2. The second-order valence-corrected chi connectivity index (χ2v) is 5.87. The summed E-state index contributed by atoms with van der Waals surface area (Å²) in [7, 11) is 3.53. The predicted octanol–water partition coefficient (Wildman–Crippen LogP) is 0.786. The molecule has 2 heterocycles. The maximum absolute atomic E-state index is 12.2. The molecule has 1 fully saturated rings. The number of aryl methyl sites for hydroxylation is 2. The van der Waals surface area contributed by atoms with E-state index < -0.39 is 0 Å². The van der Waals surface area contributed by atoms with Gasteiger partial charge in [-0.3, -0.25) is 9.48 Å². The van der Waals surface area contributed by atoms with Gasteiger partial charge in [0.2, 0.25) is 5.91 Å². The molecule has 7 heteroatoms. The number of carbonyl (C=O) groups excluding carboxylic acids is 2. The van der Waals surface area contributed by atoms with Crippen molar-refractivity contribution in [3.63, 3.8) is 0 Å². The predicted molar refractivity (Wildman–Crippen MR) is 83.2 cm³/mol. The summed E-state index contributed by atoms with van der Waals surface area (Å²) < 4.78 is 1.78. The fourth-order valence-corrected chi connectivity index (χ4v) is 2.81. The molecule has 0 unspecified atom stereocenters. The summed E-state index contributed by atoms with van der Waals surface area (Å²) in [6, 6.07) is 1.92. The summed E-state index contributed by atoms with van der Waals surface area (Å²) in [6.07, 6.45) is 2.32. The number of piperidine rings is 1. The van der Waals surface area contributed by atoms with Gasteiger partial charge in [-0.2, -0.15) is 5.10 Å². The Morgan fingerprint density at radius 2 is 2.05 bits per heavy atom. The van der Waals surface area contributed by atoms with Crippen LogP contribution in [-0.4, -0.2) is 46.8 Å². The number of aromatic nitrogens is 2. The van der Waals surface area contributed by atoms with E-state index in [1.807, 2.05) is 24.9 Å². The van der Waals surface area contributed by atoms with E-state index in [2.05, 4.69) is 15.7 Å². The lowest BCUT2D eigenvalue weighted by Gasteiger charge is -2.31. The van der Waals surface area contributed by atoms with Gasteiger partial charge in [-0.1, -0.05) is 0 Å². The second-order valence-electron chi connectivity index (χ2n) is 5.87. The third kappa shape index (κ3) is 4.22. The van der Waals surface area contributed by atoms with Crippen LogP contribution in [0.2, 0.25) is 0 Å². The van der Waals surface area contributed by atoms with Gasteiger partial charge < -0.3 is 15.5 Å². The molecule has 2 N–H and O–H groups in total. The molecule has 1 saturated heterocycles. The minimum Gasteiger partial charge on any atom is -0.359 e. The number of hydrogen-bond acceptors (Lipinski definition) is 3. The molecule has 22 heavy (non-hydrogen) atoms. The average molecular weight is 307 g/mol. The zero-order chi connectivity index (χ0) is 16.1. The zero-order valence-electron chi connectivity index (χ0n) is 13.6. The molecule has 3 amide bonds. The lowest BCUT2D eigenvalue weighted by Crippen LogP contribution is -2.44. The summed E-state index contributed by atoms with van der Waals surface area (Å²) in [5.41, 5.74) is 1.93. The van der Waals surface area contributed by atoms with Crippen molar-refractivity contribution in [3.8, 4) is 0 Å². The molecule has 7 nitrogen and oxygen atoms in total. The van der Waals surface area contributed by atoms with E-state index in [9.17, 15) is 9.59 Å². The number of likely N-dealkylation sites (tertiary alicyclic amines) is 1. The average Bonchev–Trinajstić information content (AvgIpc) is 2.83. The Morgan fingerprint density at radius 1 is 1.36 bits per heavy atom. The Hall–Kier alpha value is -2.05. The summed E-state index contributed by atoms with van der Waals surface area (Å²) >= 11 is 0. The van der Waals surface area contributed by atoms with Crippen LogP contribution in [0, 0.1) is 12.8 Å². The Kier molecular flexibility index (Phi) is 5.41. The van der Waals surface area contributed by atoms with Crippen molar-refractivity contribution in [3.05, 3.63) is 17.5 Å². The minimum atomic E-state index is -0.0442. The van der Waals surface area contributed by atoms with Crippen LogP contribution in [0.1, 0.15) is 30.7 Å². The lowest BCUT2D eigenvalue weighted by molar-refractivity contribution is -0.121. The standard InChI is InChI=1S/C15H25N5O2/c1-11-8-13(19(3)18-11)10-17-15(22)20-6-4-12(5-7-20)9-14(21)16-2/h8,12H,4-7,9-10H2,1-3H3,(H,16,21)(H,17,22). The summed E-state index contributed by atoms with van der Waals surface area (Å²) in [5, 5.41) is 9.85. The van der Waals surface area contributed by atoms with Crippen molar-refractivity contribution in [2.75, 3.05) is 20.1 Å². The van der Waals surface area contributed by atoms with E-state index in [-0.39, 0.29) is 11.9 Å². The number of rotatable bonds is 4. The number of nitrogens with one attached hydrogen (secondary N) is 2. The highest BCUT2D eigenvalue weighted by molar-refractivity contribution is 5.76. The normalized spacial score (nSPS) is 15.7. The molecule has 0 atom stereocenters. The molecule has 1 aliphatic heterocycles. The van der Waals surface area contributed by atoms with Crippen LogP contribution in [0.4, 0.5) is 4.79 Å². The highest BCUT2D eigenvalue weighted by atomic mass is 16.2. The largest absolute Gasteiger partial charge is 0.359 e.